The summed E-state index contributed by atoms with van der Waals surface area (Å²) in [5.74, 6) is 5.30. The lowest BCUT2D eigenvalue weighted by atomic mass is 10.1. The number of carbonyl (C=O) groups is 1. The van der Waals surface area contributed by atoms with Gasteiger partial charge in [0, 0.05) is 22.9 Å². The van der Waals surface area contributed by atoms with E-state index in [1.54, 1.807) is 11.3 Å². The van der Waals surface area contributed by atoms with E-state index < -0.39 is 0 Å². The Balaban J connectivity index is 1.83. The molecule has 0 atom stereocenters. The third kappa shape index (κ3) is 4.27. The number of thiophene rings is 1. The highest BCUT2D eigenvalue weighted by Gasteiger charge is 1.97. The van der Waals surface area contributed by atoms with Crippen molar-refractivity contribution < 1.29 is 4.79 Å². The van der Waals surface area contributed by atoms with Crippen LogP contribution >= 0.6 is 11.3 Å². The van der Waals surface area contributed by atoms with Crippen LogP contribution in [-0.2, 0) is 11.2 Å². The quantitative estimate of drug-likeness (QED) is 0.853. The predicted molar refractivity (Wildman–Crippen MR) is 79.1 cm³/mol. The van der Waals surface area contributed by atoms with Gasteiger partial charge in [-0.05, 0) is 36.4 Å². The lowest BCUT2D eigenvalue weighted by Crippen LogP contribution is -2.23. The second kappa shape index (κ2) is 6.77. The molecule has 0 radical (unpaired) electrons. The highest BCUT2D eigenvalue weighted by molar-refractivity contribution is 7.09. The SMILES string of the molecule is Cc1ccccc1C#CC(=O)NCCc1cccs1. The minimum Gasteiger partial charge on any atom is -0.345 e. The van der Waals surface area contributed by atoms with E-state index in [0.29, 0.717) is 6.54 Å². The van der Waals surface area contributed by atoms with Crippen LogP contribution in [0, 0.1) is 18.8 Å². The second-order valence-corrected chi connectivity index (χ2v) is 5.18. The molecule has 1 N–H and O–H groups in total. The van der Waals surface area contributed by atoms with E-state index in [1.165, 1.54) is 4.88 Å². The topological polar surface area (TPSA) is 29.1 Å². The van der Waals surface area contributed by atoms with Gasteiger partial charge in [0.1, 0.15) is 0 Å². The summed E-state index contributed by atoms with van der Waals surface area (Å²) in [5, 5.41) is 4.84. The fourth-order valence-electron chi connectivity index (χ4n) is 1.64. The average Bonchev–Trinajstić information content (AvgIpc) is 2.91. The number of benzene rings is 1. The molecule has 96 valence electrons. The molecule has 0 aliphatic heterocycles. The highest BCUT2D eigenvalue weighted by atomic mass is 32.1. The summed E-state index contributed by atoms with van der Waals surface area (Å²) >= 11 is 1.70. The Morgan fingerprint density at radius 3 is 2.84 bits per heavy atom. The molecule has 1 aromatic heterocycles. The third-order valence-corrected chi connectivity index (χ3v) is 3.63. The molecule has 1 heterocycles. The first kappa shape index (κ1) is 13.4. The third-order valence-electron chi connectivity index (χ3n) is 2.69. The van der Waals surface area contributed by atoms with E-state index in [9.17, 15) is 4.79 Å². The van der Waals surface area contributed by atoms with Crippen molar-refractivity contribution in [3.8, 4) is 11.8 Å². The molecule has 2 rings (SSSR count). The monoisotopic (exact) mass is 269 g/mol. The highest BCUT2D eigenvalue weighted by Crippen LogP contribution is 2.08. The number of hydrogen-bond acceptors (Lipinski definition) is 2. The molecule has 0 saturated heterocycles. The van der Waals surface area contributed by atoms with Crippen LogP contribution in [0.5, 0.6) is 0 Å². The molecule has 3 heteroatoms. The molecule has 0 aliphatic carbocycles. The van der Waals surface area contributed by atoms with E-state index in [0.717, 1.165) is 17.5 Å². The smallest absolute Gasteiger partial charge is 0.296 e. The first-order chi connectivity index (χ1) is 9.25. The standard InChI is InChI=1S/C16H15NOS/c1-13-5-2-3-6-14(13)8-9-16(18)17-11-10-15-7-4-12-19-15/h2-7,12H,10-11H2,1H3,(H,17,18). The lowest BCUT2D eigenvalue weighted by Gasteiger charge is -1.98. The lowest BCUT2D eigenvalue weighted by molar-refractivity contribution is -0.115. The van der Waals surface area contributed by atoms with Crippen molar-refractivity contribution in [3.63, 3.8) is 0 Å². The maximum absolute atomic E-state index is 11.6. The Bertz CT molecular complexity index is 605. The van der Waals surface area contributed by atoms with Gasteiger partial charge in [0.2, 0.25) is 0 Å². The van der Waals surface area contributed by atoms with Gasteiger partial charge in [-0.2, -0.15) is 0 Å². The number of hydrogen-bond donors (Lipinski definition) is 1. The summed E-state index contributed by atoms with van der Waals surface area (Å²) in [4.78, 5) is 12.8. The predicted octanol–water partition coefficient (Wildman–Crippen LogP) is 2.77. The number of aryl methyl sites for hydroxylation is 1. The zero-order valence-corrected chi connectivity index (χ0v) is 11.6. The van der Waals surface area contributed by atoms with Crippen LogP contribution in [0.1, 0.15) is 16.0 Å². The zero-order valence-electron chi connectivity index (χ0n) is 10.8. The van der Waals surface area contributed by atoms with Crippen LogP contribution in [0.15, 0.2) is 41.8 Å². The maximum Gasteiger partial charge on any atom is 0.296 e. The van der Waals surface area contributed by atoms with Gasteiger partial charge in [0.25, 0.3) is 5.91 Å². The number of carbonyl (C=O) groups excluding carboxylic acids is 1. The molecule has 0 fully saturated rings. The van der Waals surface area contributed by atoms with Crippen LogP contribution in [0.2, 0.25) is 0 Å². The molecule has 2 aromatic rings. The summed E-state index contributed by atoms with van der Waals surface area (Å²) in [6.07, 6.45) is 0.857. The summed E-state index contributed by atoms with van der Waals surface area (Å²) in [6, 6.07) is 11.9. The van der Waals surface area contributed by atoms with Crippen LogP contribution in [0.3, 0.4) is 0 Å². The van der Waals surface area contributed by atoms with Crippen molar-refractivity contribution in [1.82, 2.24) is 5.32 Å². The van der Waals surface area contributed by atoms with Crippen molar-refractivity contribution in [2.75, 3.05) is 6.54 Å². The van der Waals surface area contributed by atoms with Crippen LogP contribution < -0.4 is 5.32 Å². The molecule has 2 nitrogen and oxygen atoms in total. The fraction of sp³-hybridized carbons (Fsp3) is 0.188. The average molecular weight is 269 g/mol. The maximum atomic E-state index is 11.6. The zero-order chi connectivity index (χ0) is 13.5. The molecule has 0 spiro atoms. The van der Waals surface area contributed by atoms with Gasteiger partial charge in [-0.15, -0.1) is 11.3 Å². The molecule has 0 aliphatic rings. The van der Waals surface area contributed by atoms with Crippen molar-refractivity contribution in [1.29, 1.82) is 0 Å². The van der Waals surface area contributed by atoms with E-state index in [1.807, 2.05) is 42.6 Å². The molecular weight excluding hydrogens is 254 g/mol. The summed E-state index contributed by atoms with van der Waals surface area (Å²) in [5.41, 5.74) is 1.98. The molecule has 19 heavy (non-hydrogen) atoms. The minimum absolute atomic E-state index is 0.222. The van der Waals surface area contributed by atoms with Crippen molar-refractivity contribution in [3.05, 3.63) is 57.8 Å². The van der Waals surface area contributed by atoms with Gasteiger partial charge in [-0.3, -0.25) is 4.79 Å². The Labute approximate surface area is 117 Å². The van der Waals surface area contributed by atoms with Crippen molar-refractivity contribution >= 4 is 17.2 Å². The van der Waals surface area contributed by atoms with E-state index in [-0.39, 0.29) is 5.91 Å². The minimum atomic E-state index is -0.222. The van der Waals surface area contributed by atoms with Gasteiger partial charge in [0.15, 0.2) is 0 Å². The molecule has 1 aromatic carbocycles. The molecule has 0 bridgehead atoms. The first-order valence-electron chi connectivity index (χ1n) is 6.13. The van der Waals surface area contributed by atoms with Gasteiger partial charge >= 0.3 is 0 Å². The number of amides is 1. The van der Waals surface area contributed by atoms with E-state index in [2.05, 4.69) is 23.2 Å². The Morgan fingerprint density at radius 2 is 2.11 bits per heavy atom. The Hall–Kier alpha value is -2.05. The van der Waals surface area contributed by atoms with Gasteiger partial charge in [-0.1, -0.05) is 30.2 Å². The van der Waals surface area contributed by atoms with Crippen molar-refractivity contribution in [2.45, 2.75) is 13.3 Å². The molecular formula is C16H15NOS. The van der Waals surface area contributed by atoms with Gasteiger partial charge < -0.3 is 5.32 Å². The van der Waals surface area contributed by atoms with E-state index >= 15 is 0 Å². The van der Waals surface area contributed by atoms with Crippen molar-refractivity contribution in [2.24, 2.45) is 0 Å². The summed E-state index contributed by atoms with van der Waals surface area (Å²) in [7, 11) is 0. The largest absolute Gasteiger partial charge is 0.345 e. The van der Waals surface area contributed by atoms with Crippen LogP contribution in [0.25, 0.3) is 0 Å². The Kier molecular flexibility index (Phi) is 4.77. The first-order valence-corrected chi connectivity index (χ1v) is 7.01. The second-order valence-electron chi connectivity index (χ2n) is 4.15. The van der Waals surface area contributed by atoms with Gasteiger partial charge in [0.05, 0.1) is 0 Å². The van der Waals surface area contributed by atoms with Crippen LogP contribution in [0.4, 0.5) is 0 Å². The Morgan fingerprint density at radius 1 is 1.26 bits per heavy atom. The van der Waals surface area contributed by atoms with Gasteiger partial charge in [-0.25, -0.2) is 0 Å². The van der Waals surface area contributed by atoms with Crippen LogP contribution in [-0.4, -0.2) is 12.5 Å². The normalized spacial score (nSPS) is 9.53. The molecule has 0 saturated carbocycles. The number of rotatable bonds is 3. The molecule has 0 unspecified atom stereocenters. The molecule has 1 amide bonds. The number of nitrogens with one attached hydrogen (secondary N) is 1. The summed E-state index contributed by atoms with van der Waals surface area (Å²) < 4.78 is 0. The van der Waals surface area contributed by atoms with E-state index in [4.69, 9.17) is 0 Å². The fourth-order valence-corrected chi connectivity index (χ4v) is 2.34. The summed E-state index contributed by atoms with van der Waals surface area (Å²) in [6.45, 7) is 2.61.